The molecule has 3 N–H and O–H groups in total. The number of nitrogens with zero attached hydrogens (tertiary/aromatic N) is 1. The third kappa shape index (κ3) is 15.3. The van der Waals surface area contributed by atoms with Crippen LogP contribution in [0.4, 0.5) is 0 Å². The first-order valence-electron chi connectivity index (χ1n) is 25.0. The molecule has 2 saturated heterocycles. The Labute approximate surface area is 405 Å². The number of amides is 1. The van der Waals surface area contributed by atoms with Gasteiger partial charge in [-0.25, -0.2) is 4.79 Å². The molecule has 384 valence electrons. The third-order valence-corrected chi connectivity index (χ3v) is 14.9. The van der Waals surface area contributed by atoms with Crippen molar-refractivity contribution in [2.75, 3.05) is 41.1 Å². The van der Waals surface area contributed by atoms with Crippen molar-refractivity contribution in [2.45, 2.75) is 180 Å². The van der Waals surface area contributed by atoms with E-state index < -0.39 is 77.8 Å². The number of ketones is 3. The highest BCUT2D eigenvalue weighted by molar-refractivity contribution is 6.39. The van der Waals surface area contributed by atoms with Crippen LogP contribution in [0.15, 0.2) is 47.6 Å². The maximum absolute atomic E-state index is 14.5. The Balaban J connectivity index is 1.70. The van der Waals surface area contributed by atoms with Gasteiger partial charge in [0.05, 0.1) is 37.6 Å². The molecule has 0 radical (unpaired) electrons. The number of rotatable bonds is 9. The molecule has 68 heavy (non-hydrogen) atoms. The number of aliphatic hydroxyl groups is 3. The van der Waals surface area contributed by atoms with Crippen LogP contribution in [0, 0.1) is 35.5 Å². The predicted octanol–water partition coefficient (Wildman–Crippen LogP) is 6.20. The van der Waals surface area contributed by atoms with E-state index >= 15 is 0 Å². The van der Waals surface area contributed by atoms with E-state index in [4.69, 9.17) is 28.4 Å². The second-order valence-electron chi connectivity index (χ2n) is 20.2. The van der Waals surface area contributed by atoms with Crippen molar-refractivity contribution < 1.29 is 67.7 Å². The van der Waals surface area contributed by atoms with Crippen LogP contribution >= 0.6 is 0 Å². The summed E-state index contributed by atoms with van der Waals surface area (Å²) in [5, 5.41) is 32.8. The highest BCUT2D eigenvalue weighted by Crippen LogP contribution is 2.38. The topological polar surface area (TPSA) is 205 Å². The van der Waals surface area contributed by atoms with Crippen LogP contribution in [0.3, 0.4) is 0 Å². The largest absolute Gasteiger partial charge is 0.460 e. The number of fused-ring (bicyclic) bond motifs is 3. The molecule has 0 aromatic carbocycles. The normalized spacial score (nSPS) is 38.2. The number of Topliss-reactive ketones (excluding diaryl/α,β-unsaturated/α-hetero) is 3. The lowest BCUT2D eigenvalue weighted by Crippen LogP contribution is -2.61. The fraction of sp³-hybridized carbons (Fsp3) is 0.755. The van der Waals surface area contributed by atoms with Gasteiger partial charge in [-0.3, -0.25) is 19.2 Å². The van der Waals surface area contributed by atoms with E-state index in [9.17, 15) is 39.3 Å². The average Bonchev–Trinajstić information content (AvgIpc) is 3.32. The van der Waals surface area contributed by atoms with Crippen LogP contribution in [0.25, 0.3) is 0 Å². The molecular weight excluding hydrogens is 875 g/mol. The quantitative estimate of drug-likeness (QED) is 0.134. The van der Waals surface area contributed by atoms with Crippen molar-refractivity contribution in [3.8, 4) is 0 Å². The number of cyclic esters (lactones) is 1. The smallest absolute Gasteiger partial charge is 0.329 e. The van der Waals surface area contributed by atoms with Gasteiger partial charge in [-0.1, -0.05) is 71.1 Å². The Bertz CT molecular complexity index is 1810. The molecule has 15 atom stereocenters. The van der Waals surface area contributed by atoms with Gasteiger partial charge in [0.15, 0.2) is 5.78 Å². The number of esters is 1. The number of piperidine rings is 1. The lowest BCUT2D eigenvalue weighted by Gasteiger charge is -2.42. The van der Waals surface area contributed by atoms with Gasteiger partial charge in [0.2, 0.25) is 5.79 Å². The minimum absolute atomic E-state index is 0.0158. The summed E-state index contributed by atoms with van der Waals surface area (Å²) in [4.78, 5) is 72.1. The Hall–Kier alpha value is -3.41. The second-order valence-corrected chi connectivity index (χ2v) is 20.2. The molecule has 0 aromatic rings. The predicted molar refractivity (Wildman–Crippen MR) is 256 cm³/mol. The van der Waals surface area contributed by atoms with E-state index in [-0.39, 0.29) is 74.1 Å². The Morgan fingerprint density at radius 2 is 1.59 bits per heavy atom. The van der Waals surface area contributed by atoms with Crippen molar-refractivity contribution in [2.24, 2.45) is 35.5 Å². The Kier molecular flexibility index (Phi) is 22.9. The van der Waals surface area contributed by atoms with Gasteiger partial charge < -0.3 is 48.6 Å². The Morgan fingerprint density at radius 3 is 2.26 bits per heavy atom. The van der Waals surface area contributed by atoms with E-state index in [1.807, 2.05) is 58.1 Å². The standard InChI is InChI=1S/C53H83NO14/c1-32-16-12-11-13-17-33(2)44(63-8)30-40-21-19-38(7)53(62,68-40)50(59)51(60)54-23-15-14-18-41(54)52(61)67-45(35(4)28-39-20-22-43(66-25-24-55)46(29-39)64-9)31-42(56)34(3)27-37(6)48(58)49(65-10)47(57)36(5)26-32/h11-13,16-17,27,32,34-36,38-41,43-46,48-49,55,58,62H,14-15,18-26,28-31H2,1-10H3/b13-11?,16-12?,33-17-,37-27-. The highest BCUT2D eigenvalue weighted by atomic mass is 16.6. The van der Waals surface area contributed by atoms with Crippen LogP contribution < -0.4 is 0 Å². The highest BCUT2D eigenvalue weighted by Gasteiger charge is 2.53. The summed E-state index contributed by atoms with van der Waals surface area (Å²) in [5.41, 5.74) is 1.26. The van der Waals surface area contributed by atoms with Crippen LogP contribution in [0.5, 0.6) is 0 Å². The molecule has 15 heteroatoms. The second kappa shape index (κ2) is 27.3. The Morgan fingerprint density at radius 1 is 0.853 bits per heavy atom. The minimum atomic E-state index is -2.43. The van der Waals surface area contributed by atoms with Gasteiger partial charge in [-0.15, -0.1) is 0 Å². The number of aliphatic hydroxyl groups excluding tert-OH is 2. The van der Waals surface area contributed by atoms with Gasteiger partial charge in [0.25, 0.3) is 11.7 Å². The summed E-state index contributed by atoms with van der Waals surface area (Å²) in [6.45, 7) is 12.9. The molecule has 3 fully saturated rings. The number of allylic oxidation sites excluding steroid dienone is 6. The number of methoxy groups -OCH3 is 3. The van der Waals surface area contributed by atoms with Crippen LogP contribution in [-0.4, -0.2) is 145 Å². The zero-order valence-electron chi connectivity index (χ0n) is 42.4. The number of ether oxygens (including phenoxy) is 6. The fourth-order valence-corrected chi connectivity index (χ4v) is 10.5. The zero-order valence-corrected chi connectivity index (χ0v) is 42.4. The molecule has 3 aliphatic heterocycles. The van der Waals surface area contributed by atoms with E-state index in [0.29, 0.717) is 63.4 Å². The first kappa shape index (κ1) is 57.2. The molecule has 1 amide bonds. The third-order valence-electron chi connectivity index (χ3n) is 14.9. The molecule has 1 saturated carbocycles. The van der Waals surface area contributed by atoms with E-state index in [2.05, 4.69) is 0 Å². The fourth-order valence-electron chi connectivity index (χ4n) is 10.5. The maximum Gasteiger partial charge on any atom is 0.329 e. The van der Waals surface area contributed by atoms with Crippen molar-refractivity contribution in [1.29, 1.82) is 0 Å². The molecule has 2 bridgehead atoms. The summed E-state index contributed by atoms with van der Waals surface area (Å²) in [6, 6.07) is -1.14. The van der Waals surface area contributed by atoms with Crippen molar-refractivity contribution in [1.82, 2.24) is 4.90 Å². The van der Waals surface area contributed by atoms with Crippen LogP contribution in [-0.2, 0) is 52.4 Å². The van der Waals surface area contributed by atoms with Crippen LogP contribution in [0.2, 0.25) is 0 Å². The summed E-state index contributed by atoms with van der Waals surface area (Å²) in [6.07, 6.45) is 12.0. The summed E-state index contributed by atoms with van der Waals surface area (Å²) in [7, 11) is 4.58. The van der Waals surface area contributed by atoms with E-state index in [0.717, 1.165) is 12.0 Å². The monoisotopic (exact) mass is 958 g/mol. The maximum atomic E-state index is 14.5. The summed E-state index contributed by atoms with van der Waals surface area (Å²) >= 11 is 0. The molecule has 0 aromatic heterocycles. The molecule has 1 aliphatic carbocycles. The number of carbonyl (C=O) groups is 5. The van der Waals surface area contributed by atoms with Gasteiger partial charge in [0.1, 0.15) is 30.1 Å². The van der Waals surface area contributed by atoms with Gasteiger partial charge in [-0.2, -0.15) is 0 Å². The first-order chi connectivity index (χ1) is 32.3. The average molecular weight is 958 g/mol. The minimum Gasteiger partial charge on any atom is -0.460 e. The van der Waals surface area contributed by atoms with Crippen molar-refractivity contribution >= 4 is 29.2 Å². The summed E-state index contributed by atoms with van der Waals surface area (Å²) in [5.74, 6) is -7.96. The zero-order chi connectivity index (χ0) is 50.3. The van der Waals surface area contributed by atoms with Crippen LogP contribution in [0.1, 0.15) is 126 Å². The molecule has 0 spiro atoms. The SMILES string of the molecule is COC1CC2CCC(C)C(O)(O2)C(=O)C(=O)N2CCCCC2C(=O)OC(C(C)CC2CCC(OCCO)C(OC)C2)CC(=O)C(C)/C=C(/C)C(O)C(OC)C(=O)C(C)CC(C)C=CC=C/C=C\1C. The molecule has 4 rings (SSSR count). The van der Waals surface area contributed by atoms with Gasteiger partial charge in [0, 0.05) is 58.5 Å². The van der Waals surface area contributed by atoms with Gasteiger partial charge >= 0.3 is 5.97 Å². The number of carbonyl (C=O) groups excluding carboxylic acids is 5. The van der Waals surface area contributed by atoms with Crippen molar-refractivity contribution in [3.63, 3.8) is 0 Å². The molecule has 4 aliphatic rings. The van der Waals surface area contributed by atoms with E-state index in [1.54, 1.807) is 41.1 Å². The van der Waals surface area contributed by atoms with E-state index in [1.165, 1.54) is 12.0 Å². The lowest BCUT2D eigenvalue weighted by atomic mass is 9.78. The lowest BCUT2D eigenvalue weighted by molar-refractivity contribution is -0.265. The van der Waals surface area contributed by atoms with Gasteiger partial charge in [-0.05, 0) is 107 Å². The molecular formula is C53H83NO14. The molecule has 15 unspecified atom stereocenters. The van der Waals surface area contributed by atoms with Crippen molar-refractivity contribution in [3.05, 3.63) is 47.6 Å². The number of hydrogen-bond acceptors (Lipinski definition) is 14. The first-order valence-corrected chi connectivity index (χ1v) is 25.0. The number of hydrogen-bond donors (Lipinski definition) is 3. The molecule has 3 heterocycles. The molecule has 15 nitrogen and oxygen atoms in total. The summed E-state index contributed by atoms with van der Waals surface area (Å²) < 4.78 is 35.6.